The van der Waals surface area contributed by atoms with Crippen LogP contribution in [0.4, 0.5) is 5.69 Å². The minimum Gasteiger partial charge on any atom is -0.399 e. The smallest absolute Gasteiger partial charge is 0.253 e. The van der Waals surface area contributed by atoms with E-state index in [1.807, 2.05) is 17.0 Å². The summed E-state index contributed by atoms with van der Waals surface area (Å²) in [5, 5.41) is 0.759. The fourth-order valence-electron chi connectivity index (χ4n) is 2.99. The maximum absolute atomic E-state index is 12.6. The van der Waals surface area contributed by atoms with Crippen molar-refractivity contribution >= 4 is 23.2 Å². The Bertz CT molecular complexity index is 685. The molecule has 4 nitrogen and oxygen atoms in total. The molecule has 0 bridgehead atoms. The topological polar surface area (TPSA) is 49.6 Å². The van der Waals surface area contributed by atoms with Crippen molar-refractivity contribution in [3.05, 3.63) is 64.7 Å². The third-order valence-electron chi connectivity index (χ3n) is 4.35. The first-order valence-electron chi connectivity index (χ1n) is 8.23. The Hall–Kier alpha value is -2.04. The van der Waals surface area contributed by atoms with Gasteiger partial charge in [-0.1, -0.05) is 23.7 Å². The highest BCUT2D eigenvalue weighted by Gasteiger charge is 2.20. The largest absolute Gasteiger partial charge is 0.399 e. The molecule has 0 atom stereocenters. The summed E-state index contributed by atoms with van der Waals surface area (Å²) in [6, 6.07) is 15.1. The molecule has 2 aromatic carbocycles. The molecular weight excluding hydrogens is 322 g/mol. The minimum atomic E-state index is 0.0864. The Kier molecular flexibility index (Phi) is 5.38. The monoisotopic (exact) mass is 343 g/mol. The van der Waals surface area contributed by atoms with Crippen LogP contribution in [0.15, 0.2) is 48.5 Å². The average molecular weight is 344 g/mol. The first kappa shape index (κ1) is 16.8. The quantitative estimate of drug-likeness (QED) is 0.870. The number of anilines is 1. The van der Waals surface area contributed by atoms with E-state index in [0.29, 0.717) is 11.3 Å². The van der Waals surface area contributed by atoms with Crippen molar-refractivity contribution in [1.82, 2.24) is 9.80 Å². The first-order valence-corrected chi connectivity index (χ1v) is 8.61. The second-order valence-corrected chi connectivity index (χ2v) is 6.61. The van der Waals surface area contributed by atoms with Crippen molar-refractivity contribution in [2.24, 2.45) is 0 Å². The fourth-order valence-corrected chi connectivity index (χ4v) is 3.11. The predicted molar refractivity (Wildman–Crippen MR) is 98.1 cm³/mol. The molecule has 0 unspecified atom stereocenters. The third-order valence-corrected chi connectivity index (χ3v) is 4.60. The third kappa shape index (κ3) is 4.28. The average Bonchev–Trinajstić information content (AvgIpc) is 2.83. The van der Waals surface area contributed by atoms with Crippen molar-refractivity contribution < 1.29 is 4.79 Å². The number of hydrogen-bond donors (Lipinski definition) is 1. The maximum Gasteiger partial charge on any atom is 0.253 e. The van der Waals surface area contributed by atoms with Crippen LogP contribution in [-0.2, 0) is 6.54 Å². The van der Waals surface area contributed by atoms with Gasteiger partial charge in [-0.25, -0.2) is 0 Å². The number of benzene rings is 2. The van der Waals surface area contributed by atoms with E-state index in [1.54, 1.807) is 24.3 Å². The molecule has 1 fully saturated rings. The number of carbonyl (C=O) groups excluding carboxylic acids is 1. The van der Waals surface area contributed by atoms with Gasteiger partial charge in [-0.05, 0) is 48.4 Å². The summed E-state index contributed by atoms with van der Waals surface area (Å²) in [4.78, 5) is 16.9. The maximum atomic E-state index is 12.6. The van der Waals surface area contributed by atoms with Crippen LogP contribution in [0.1, 0.15) is 22.3 Å². The van der Waals surface area contributed by atoms with E-state index in [-0.39, 0.29) is 5.91 Å². The van der Waals surface area contributed by atoms with E-state index >= 15 is 0 Å². The number of amides is 1. The number of halogens is 1. The Morgan fingerprint density at radius 1 is 0.958 bits per heavy atom. The molecule has 126 valence electrons. The normalized spacial score (nSPS) is 16.0. The number of rotatable bonds is 3. The van der Waals surface area contributed by atoms with Gasteiger partial charge >= 0.3 is 0 Å². The SMILES string of the molecule is Nc1ccc(C(=O)N2CCCN(Cc3ccc(Cl)cc3)CC2)cc1. The van der Waals surface area contributed by atoms with Gasteiger partial charge in [0.2, 0.25) is 0 Å². The van der Waals surface area contributed by atoms with Crippen LogP contribution >= 0.6 is 11.6 Å². The second kappa shape index (κ2) is 7.69. The Morgan fingerprint density at radius 3 is 2.38 bits per heavy atom. The number of nitrogens with two attached hydrogens (primary N) is 1. The van der Waals surface area contributed by atoms with Crippen LogP contribution < -0.4 is 5.73 Å². The van der Waals surface area contributed by atoms with Gasteiger partial charge in [0.1, 0.15) is 0 Å². The van der Waals surface area contributed by atoms with Crippen LogP contribution in [0.5, 0.6) is 0 Å². The second-order valence-electron chi connectivity index (χ2n) is 6.17. The van der Waals surface area contributed by atoms with Gasteiger partial charge in [-0.15, -0.1) is 0 Å². The van der Waals surface area contributed by atoms with Crippen molar-refractivity contribution in [1.29, 1.82) is 0 Å². The molecule has 2 N–H and O–H groups in total. The molecular formula is C19H22ClN3O. The molecule has 1 aliphatic heterocycles. The molecule has 2 aromatic rings. The van der Waals surface area contributed by atoms with Crippen molar-refractivity contribution in [2.75, 3.05) is 31.9 Å². The van der Waals surface area contributed by atoms with E-state index in [9.17, 15) is 4.79 Å². The van der Waals surface area contributed by atoms with E-state index in [4.69, 9.17) is 17.3 Å². The molecule has 5 heteroatoms. The van der Waals surface area contributed by atoms with E-state index in [1.165, 1.54) is 5.56 Å². The Balaban J connectivity index is 1.59. The van der Waals surface area contributed by atoms with Crippen LogP contribution in [0.2, 0.25) is 5.02 Å². The summed E-state index contributed by atoms with van der Waals surface area (Å²) < 4.78 is 0. The summed E-state index contributed by atoms with van der Waals surface area (Å²) in [6.45, 7) is 4.30. The standard InChI is InChI=1S/C19H22ClN3O/c20-17-6-2-15(3-7-17)14-22-10-1-11-23(13-12-22)19(24)16-4-8-18(21)9-5-16/h2-9H,1,10-14,21H2. The van der Waals surface area contributed by atoms with Gasteiger partial charge in [-0.3, -0.25) is 9.69 Å². The van der Waals surface area contributed by atoms with Gasteiger partial charge in [0, 0.05) is 49.0 Å². The van der Waals surface area contributed by atoms with Crippen molar-refractivity contribution in [3.8, 4) is 0 Å². The first-order chi connectivity index (χ1) is 11.6. The lowest BCUT2D eigenvalue weighted by Gasteiger charge is -2.22. The van der Waals surface area contributed by atoms with Crippen LogP contribution in [-0.4, -0.2) is 41.9 Å². The Morgan fingerprint density at radius 2 is 1.67 bits per heavy atom. The summed E-state index contributed by atoms with van der Waals surface area (Å²) in [5.41, 5.74) is 8.32. The van der Waals surface area contributed by atoms with Crippen molar-refractivity contribution in [3.63, 3.8) is 0 Å². The summed E-state index contributed by atoms with van der Waals surface area (Å²) in [7, 11) is 0. The van der Waals surface area contributed by atoms with E-state index in [0.717, 1.165) is 44.2 Å². The lowest BCUT2D eigenvalue weighted by Crippen LogP contribution is -2.35. The zero-order chi connectivity index (χ0) is 16.9. The highest BCUT2D eigenvalue weighted by Crippen LogP contribution is 2.15. The molecule has 0 radical (unpaired) electrons. The summed E-state index contributed by atoms with van der Waals surface area (Å²) in [5.74, 6) is 0.0864. The predicted octanol–water partition coefficient (Wildman–Crippen LogP) is 3.27. The van der Waals surface area contributed by atoms with E-state index in [2.05, 4.69) is 17.0 Å². The van der Waals surface area contributed by atoms with Gasteiger partial charge in [0.25, 0.3) is 5.91 Å². The molecule has 1 amide bonds. The van der Waals surface area contributed by atoms with Gasteiger partial charge < -0.3 is 10.6 Å². The van der Waals surface area contributed by atoms with Gasteiger partial charge in [0.15, 0.2) is 0 Å². The molecule has 0 spiro atoms. The molecule has 0 saturated carbocycles. The molecule has 1 aliphatic rings. The number of nitrogen functional groups attached to an aromatic ring is 1. The van der Waals surface area contributed by atoms with Gasteiger partial charge in [-0.2, -0.15) is 0 Å². The molecule has 24 heavy (non-hydrogen) atoms. The number of hydrogen-bond acceptors (Lipinski definition) is 3. The number of carbonyl (C=O) groups is 1. The zero-order valence-electron chi connectivity index (χ0n) is 13.6. The number of nitrogens with zero attached hydrogens (tertiary/aromatic N) is 2. The molecule has 0 aliphatic carbocycles. The fraction of sp³-hybridized carbons (Fsp3) is 0.316. The van der Waals surface area contributed by atoms with Gasteiger partial charge in [0.05, 0.1) is 0 Å². The molecule has 0 aromatic heterocycles. The highest BCUT2D eigenvalue weighted by atomic mass is 35.5. The Labute approximate surface area is 147 Å². The lowest BCUT2D eigenvalue weighted by atomic mass is 10.2. The van der Waals surface area contributed by atoms with Crippen molar-refractivity contribution in [2.45, 2.75) is 13.0 Å². The zero-order valence-corrected chi connectivity index (χ0v) is 14.4. The molecule has 3 rings (SSSR count). The summed E-state index contributed by atoms with van der Waals surface area (Å²) >= 11 is 5.94. The van der Waals surface area contributed by atoms with Crippen LogP contribution in [0.3, 0.4) is 0 Å². The molecule has 1 heterocycles. The molecule has 1 saturated heterocycles. The highest BCUT2D eigenvalue weighted by molar-refractivity contribution is 6.30. The lowest BCUT2D eigenvalue weighted by molar-refractivity contribution is 0.0761. The summed E-state index contributed by atoms with van der Waals surface area (Å²) in [6.07, 6.45) is 0.980. The minimum absolute atomic E-state index is 0.0864. The van der Waals surface area contributed by atoms with Crippen LogP contribution in [0, 0.1) is 0 Å². The van der Waals surface area contributed by atoms with E-state index < -0.39 is 0 Å². The van der Waals surface area contributed by atoms with Crippen LogP contribution in [0.25, 0.3) is 0 Å².